The van der Waals surface area contributed by atoms with Crippen molar-refractivity contribution in [3.8, 4) is 11.5 Å². The van der Waals surface area contributed by atoms with Gasteiger partial charge in [-0.2, -0.15) is 0 Å². The summed E-state index contributed by atoms with van der Waals surface area (Å²) < 4.78 is 5.81. The number of aromatic nitrogens is 1. The number of nitrogens with zero attached hydrogens (tertiary/aromatic N) is 1. The molecule has 0 saturated heterocycles. The van der Waals surface area contributed by atoms with E-state index >= 15 is 0 Å². The maximum atomic E-state index is 12.1. The number of aryl methyl sites for hydroxylation is 1. The van der Waals surface area contributed by atoms with Crippen molar-refractivity contribution in [2.45, 2.75) is 13.5 Å². The van der Waals surface area contributed by atoms with Gasteiger partial charge >= 0.3 is 0 Å². The van der Waals surface area contributed by atoms with Crippen LogP contribution < -0.4 is 10.1 Å². The van der Waals surface area contributed by atoms with E-state index in [1.165, 1.54) is 6.08 Å². The Morgan fingerprint density at radius 3 is 2.70 bits per heavy atom. The molecule has 0 bridgehead atoms. The summed E-state index contributed by atoms with van der Waals surface area (Å²) in [5.41, 5.74) is 3.25. The quantitative estimate of drug-likeness (QED) is 0.642. The standard InChI is InChI=1S/C22H20N2O3/c1-16-13-19(6-7-21(16)27-20-9-11-23-12-10-20)24-22(26)8-5-17-3-2-4-18(14-17)15-25/h2-14,25H,15H2,1H3,(H,24,26)/b8-5+. The van der Waals surface area contributed by atoms with E-state index < -0.39 is 0 Å². The average Bonchev–Trinajstić information content (AvgIpc) is 2.69. The molecule has 0 aliphatic heterocycles. The number of pyridine rings is 1. The minimum atomic E-state index is -0.230. The smallest absolute Gasteiger partial charge is 0.248 e. The highest BCUT2D eigenvalue weighted by molar-refractivity contribution is 6.02. The number of aliphatic hydroxyl groups is 1. The highest BCUT2D eigenvalue weighted by atomic mass is 16.5. The van der Waals surface area contributed by atoms with Gasteiger partial charge in [0.25, 0.3) is 0 Å². The molecular formula is C22H20N2O3. The number of carbonyl (C=O) groups excluding carboxylic acids is 1. The van der Waals surface area contributed by atoms with Gasteiger partial charge in [0.05, 0.1) is 6.61 Å². The van der Waals surface area contributed by atoms with Gasteiger partial charge in [0, 0.05) is 24.2 Å². The molecule has 27 heavy (non-hydrogen) atoms. The molecule has 3 aromatic rings. The van der Waals surface area contributed by atoms with Crippen LogP contribution in [-0.4, -0.2) is 16.0 Å². The fraction of sp³-hybridized carbons (Fsp3) is 0.0909. The lowest BCUT2D eigenvalue weighted by Crippen LogP contribution is -2.07. The summed E-state index contributed by atoms with van der Waals surface area (Å²) in [6.07, 6.45) is 6.51. The third-order valence-corrected chi connectivity index (χ3v) is 3.88. The second-order valence-corrected chi connectivity index (χ2v) is 5.99. The van der Waals surface area contributed by atoms with Crippen molar-refractivity contribution in [3.05, 3.63) is 89.8 Å². The molecule has 0 radical (unpaired) electrons. The number of aliphatic hydroxyl groups excluding tert-OH is 1. The summed E-state index contributed by atoms with van der Waals surface area (Å²) in [6.45, 7) is 1.89. The second kappa shape index (κ2) is 8.78. The van der Waals surface area contributed by atoms with E-state index in [0.29, 0.717) is 11.4 Å². The van der Waals surface area contributed by atoms with E-state index in [2.05, 4.69) is 10.3 Å². The molecule has 0 atom stereocenters. The van der Waals surface area contributed by atoms with Crippen molar-refractivity contribution < 1.29 is 14.6 Å². The van der Waals surface area contributed by atoms with Gasteiger partial charge in [-0.3, -0.25) is 9.78 Å². The van der Waals surface area contributed by atoms with Crippen molar-refractivity contribution in [2.24, 2.45) is 0 Å². The monoisotopic (exact) mass is 360 g/mol. The Hall–Kier alpha value is -3.44. The van der Waals surface area contributed by atoms with Crippen molar-refractivity contribution in [3.63, 3.8) is 0 Å². The Kier molecular flexibility index (Phi) is 5.97. The summed E-state index contributed by atoms with van der Waals surface area (Å²) in [5, 5.41) is 12.0. The molecule has 0 spiro atoms. The summed E-state index contributed by atoms with van der Waals surface area (Å²) in [4.78, 5) is 16.1. The summed E-state index contributed by atoms with van der Waals surface area (Å²) in [7, 11) is 0. The minimum Gasteiger partial charge on any atom is -0.457 e. The zero-order valence-corrected chi connectivity index (χ0v) is 14.9. The molecule has 5 nitrogen and oxygen atoms in total. The molecular weight excluding hydrogens is 340 g/mol. The predicted octanol–water partition coefficient (Wildman–Crippen LogP) is 4.33. The molecule has 136 valence electrons. The van der Waals surface area contributed by atoms with Gasteiger partial charge in [-0.25, -0.2) is 0 Å². The molecule has 0 fully saturated rings. The van der Waals surface area contributed by atoms with Crippen molar-refractivity contribution in [1.29, 1.82) is 0 Å². The first kappa shape index (κ1) is 18.4. The van der Waals surface area contributed by atoms with Gasteiger partial charge < -0.3 is 15.2 Å². The fourth-order valence-corrected chi connectivity index (χ4v) is 2.53. The van der Waals surface area contributed by atoms with E-state index in [4.69, 9.17) is 9.84 Å². The molecule has 1 aromatic heterocycles. The van der Waals surface area contributed by atoms with Gasteiger partial charge in [-0.15, -0.1) is 0 Å². The van der Waals surface area contributed by atoms with Crippen LogP contribution in [0.4, 0.5) is 5.69 Å². The summed E-state index contributed by atoms with van der Waals surface area (Å²) in [5.74, 6) is 1.19. The van der Waals surface area contributed by atoms with Crippen LogP contribution in [0, 0.1) is 6.92 Å². The van der Waals surface area contributed by atoms with E-state index in [0.717, 1.165) is 22.4 Å². The van der Waals surface area contributed by atoms with Gasteiger partial charge in [0.15, 0.2) is 0 Å². The van der Waals surface area contributed by atoms with Crippen LogP contribution in [0.5, 0.6) is 11.5 Å². The highest BCUT2D eigenvalue weighted by Crippen LogP contribution is 2.26. The minimum absolute atomic E-state index is 0.0267. The first-order chi connectivity index (χ1) is 13.1. The molecule has 1 heterocycles. The topological polar surface area (TPSA) is 71.5 Å². The summed E-state index contributed by atoms with van der Waals surface area (Å²) >= 11 is 0. The first-order valence-corrected chi connectivity index (χ1v) is 8.51. The normalized spacial score (nSPS) is 10.7. The lowest BCUT2D eigenvalue weighted by atomic mass is 10.1. The maximum absolute atomic E-state index is 12.1. The van der Waals surface area contributed by atoms with Gasteiger partial charge in [-0.1, -0.05) is 18.2 Å². The Morgan fingerprint density at radius 2 is 1.96 bits per heavy atom. The van der Waals surface area contributed by atoms with Gasteiger partial charge in [-0.05, 0) is 66.1 Å². The number of hydrogen-bond donors (Lipinski definition) is 2. The fourth-order valence-electron chi connectivity index (χ4n) is 2.53. The second-order valence-electron chi connectivity index (χ2n) is 5.99. The van der Waals surface area contributed by atoms with Crippen LogP contribution >= 0.6 is 0 Å². The number of rotatable bonds is 6. The molecule has 2 aromatic carbocycles. The predicted molar refractivity (Wildman–Crippen MR) is 106 cm³/mol. The number of hydrogen-bond acceptors (Lipinski definition) is 4. The number of anilines is 1. The Labute approximate surface area is 158 Å². The van der Waals surface area contributed by atoms with E-state index in [1.54, 1.807) is 36.7 Å². The number of ether oxygens (including phenoxy) is 1. The lowest BCUT2D eigenvalue weighted by molar-refractivity contribution is -0.111. The van der Waals surface area contributed by atoms with Crippen molar-refractivity contribution >= 4 is 17.7 Å². The molecule has 0 saturated carbocycles. The number of benzene rings is 2. The first-order valence-electron chi connectivity index (χ1n) is 8.51. The zero-order valence-electron chi connectivity index (χ0n) is 14.9. The zero-order chi connectivity index (χ0) is 19.1. The van der Waals surface area contributed by atoms with E-state index in [1.807, 2.05) is 43.3 Å². The molecule has 3 rings (SSSR count). The van der Waals surface area contributed by atoms with Crippen LogP contribution in [-0.2, 0) is 11.4 Å². The third kappa shape index (κ3) is 5.26. The van der Waals surface area contributed by atoms with Crippen LogP contribution in [0.2, 0.25) is 0 Å². The van der Waals surface area contributed by atoms with Crippen molar-refractivity contribution in [1.82, 2.24) is 4.98 Å². The molecule has 1 amide bonds. The molecule has 0 unspecified atom stereocenters. The number of amides is 1. The molecule has 2 N–H and O–H groups in total. The SMILES string of the molecule is Cc1cc(NC(=O)/C=C/c2cccc(CO)c2)ccc1Oc1ccncc1. The van der Waals surface area contributed by atoms with E-state index in [9.17, 15) is 4.79 Å². The highest BCUT2D eigenvalue weighted by Gasteiger charge is 2.05. The summed E-state index contributed by atoms with van der Waals surface area (Å²) in [6, 6.07) is 16.4. The largest absolute Gasteiger partial charge is 0.457 e. The Bertz CT molecular complexity index is 953. The Balaban J connectivity index is 1.64. The molecule has 0 aliphatic rings. The number of carbonyl (C=O) groups is 1. The maximum Gasteiger partial charge on any atom is 0.248 e. The van der Waals surface area contributed by atoms with Gasteiger partial charge in [0.1, 0.15) is 11.5 Å². The molecule has 0 aliphatic carbocycles. The van der Waals surface area contributed by atoms with Crippen LogP contribution in [0.1, 0.15) is 16.7 Å². The third-order valence-electron chi connectivity index (χ3n) is 3.88. The number of nitrogens with one attached hydrogen (secondary N) is 1. The van der Waals surface area contributed by atoms with Crippen molar-refractivity contribution in [2.75, 3.05) is 5.32 Å². The Morgan fingerprint density at radius 1 is 1.15 bits per heavy atom. The van der Waals surface area contributed by atoms with E-state index in [-0.39, 0.29) is 12.5 Å². The lowest BCUT2D eigenvalue weighted by Gasteiger charge is -2.10. The average molecular weight is 360 g/mol. The van der Waals surface area contributed by atoms with Crippen LogP contribution in [0.25, 0.3) is 6.08 Å². The molecule has 5 heteroatoms. The van der Waals surface area contributed by atoms with Crippen LogP contribution in [0.3, 0.4) is 0 Å². The van der Waals surface area contributed by atoms with Crippen LogP contribution in [0.15, 0.2) is 73.1 Å². The van der Waals surface area contributed by atoms with Gasteiger partial charge in [0.2, 0.25) is 5.91 Å².